The average molecular weight is 677 g/mol. The summed E-state index contributed by atoms with van der Waals surface area (Å²) >= 11 is 0. The Morgan fingerprint density at radius 1 is 0.358 bits per heavy atom. The molecule has 2 nitrogen and oxygen atoms in total. The number of rotatable bonds is 4. The molecule has 53 heavy (non-hydrogen) atoms. The molecule has 0 saturated carbocycles. The number of fused-ring (bicyclic) bond motifs is 10. The predicted octanol–water partition coefficient (Wildman–Crippen LogP) is 13.5. The quantitative estimate of drug-likeness (QED) is 0.176. The maximum atomic E-state index is 2.51. The largest absolute Gasteiger partial charge is 0.309 e. The highest BCUT2D eigenvalue weighted by atomic mass is 15.0. The average Bonchev–Trinajstić information content (AvgIpc) is 3.81. The first-order chi connectivity index (χ1) is 26.1. The molecule has 0 radical (unpaired) electrons. The van der Waals surface area contributed by atoms with E-state index in [0.717, 1.165) is 0 Å². The molecule has 0 saturated heterocycles. The fourth-order valence-corrected chi connectivity index (χ4v) is 9.29. The summed E-state index contributed by atoms with van der Waals surface area (Å²) in [6.45, 7) is 4.77. The van der Waals surface area contributed by atoms with Gasteiger partial charge in [-0.2, -0.15) is 0 Å². The fraction of sp³-hybridized carbons (Fsp3) is 0.0588. The first-order valence-corrected chi connectivity index (χ1v) is 18.5. The molecule has 0 amide bonds. The molecule has 1 aliphatic rings. The Hall–Kier alpha value is -6.64. The highest BCUT2D eigenvalue weighted by Crippen LogP contribution is 2.53. The molecule has 0 atom stereocenters. The number of benzene rings is 8. The third-order valence-corrected chi connectivity index (χ3v) is 11.7. The van der Waals surface area contributed by atoms with E-state index in [1.807, 2.05) is 0 Å². The SMILES string of the molecule is CC1(C)c2ccccc2-c2ccc3c4ccccc4n(-c4cccc(-c5cccc(-c6ccc7c(c6)c6ccccc6n7-c6ccccc6)c5)c4)c3c21. The molecule has 2 heterocycles. The van der Waals surface area contributed by atoms with Crippen LogP contribution in [0.2, 0.25) is 0 Å². The van der Waals surface area contributed by atoms with Crippen LogP contribution in [0, 0.1) is 0 Å². The summed E-state index contributed by atoms with van der Waals surface area (Å²) in [7, 11) is 0. The van der Waals surface area contributed by atoms with E-state index < -0.39 is 0 Å². The van der Waals surface area contributed by atoms with Crippen LogP contribution in [0.4, 0.5) is 0 Å². The molecule has 0 fully saturated rings. The highest BCUT2D eigenvalue weighted by Gasteiger charge is 2.38. The first-order valence-electron chi connectivity index (χ1n) is 18.5. The molecule has 0 unspecified atom stereocenters. The number of para-hydroxylation sites is 3. The minimum absolute atomic E-state index is 0.127. The van der Waals surface area contributed by atoms with Crippen molar-refractivity contribution in [2.75, 3.05) is 0 Å². The molecular weight excluding hydrogens is 641 g/mol. The van der Waals surface area contributed by atoms with Gasteiger partial charge in [-0.1, -0.05) is 141 Å². The van der Waals surface area contributed by atoms with Crippen molar-refractivity contribution in [1.82, 2.24) is 9.13 Å². The number of hydrogen-bond acceptors (Lipinski definition) is 0. The van der Waals surface area contributed by atoms with Crippen molar-refractivity contribution in [3.63, 3.8) is 0 Å². The second-order valence-electron chi connectivity index (χ2n) is 15.0. The lowest BCUT2D eigenvalue weighted by Crippen LogP contribution is -2.16. The Labute approximate surface area is 308 Å². The van der Waals surface area contributed by atoms with E-state index in [2.05, 4.69) is 205 Å². The van der Waals surface area contributed by atoms with Crippen LogP contribution in [0.1, 0.15) is 25.0 Å². The zero-order valence-electron chi connectivity index (χ0n) is 29.7. The third kappa shape index (κ3) is 4.33. The van der Waals surface area contributed by atoms with E-state index in [1.165, 1.54) is 99.5 Å². The zero-order valence-corrected chi connectivity index (χ0v) is 29.7. The minimum atomic E-state index is -0.127. The smallest absolute Gasteiger partial charge is 0.0588 e. The standard InChI is InChI=1S/C51H36N2/c1-51(2)45-23-9-6-20-39(45)42-27-28-43-40-21-7-11-25-47(40)53(50(43)49(42)51)38-19-13-16-35(31-38)33-14-12-15-34(30-33)36-26-29-48-44(32-36)41-22-8-10-24-46(41)52(48)37-17-4-3-5-18-37/h3-32H,1-2H3. The van der Waals surface area contributed by atoms with E-state index >= 15 is 0 Å². The van der Waals surface area contributed by atoms with Gasteiger partial charge in [-0.25, -0.2) is 0 Å². The van der Waals surface area contributed by atoms with Gasteiger partial charge in [0.2, 0.25) is 0 Å². The maximum Gasteiger partial charge on any atom is 0.0588 e. The van der Waals surface area contributed by atoms with Crippen LogP contribution in [-0.2, 0) is 5.41 Å². The second kappa shape index (κ2) is 11.2. The van der Waals surface area contributed by atoms with Crippen LogP contribution in [-0.4, -0.2) is 9.13 Å². The Morgan fingerprint density at radius 3 is 1.74 bits per heavy atom. The van der Waals surface area contributed by atoms with Crippen molar-refractivity contribution in [1.29, 1.82) is 0 Å². The monoisotopic (exact) mass is 676 g/mol. The van der Waals surface area contributed by atoms with Crippen LogP contribution in [0.15, 0.2) is 182 Å². The molecule has 0 bridgehead atoms. The van der Waals surface area contributed by atoms with Gasteiger partial charge in [0.15, 0.2) is 0 Å². The van der Waals surface area contributed by atoms with Gasteiger partial charge in [0.05, 0.1) is 22.1 Å². The van der Waals surface area contributed by atoms with Crippen molar-refractivity contribution >= 4 is 43.6 Å². The Bertz CT molecular complexity index is 3080. The van der Waals surface area contributed by atoms with Crippen molar-refractivity contribution in [3.8, 4) is 44.8 Å². The fourth-order valence-electron chi connectivity index (χ4n) is 9.29. The highest BCUT2D eigenvalue weighted by molar-refractivity contribution is 6.13. The van der Waals surface area contributed by atoms with Crippen molar-refractivity contribution < 1.29 is 0 Å². The molecule has 11 rings (SSSR count). The van der Waals surface area contributed by atoms with Crippen LogP contribution in [0.25, 0.3) is 88.4 Å². The molecule has 2 heteroatoms. The van der Waals surface area contributed by atoms with Crippen LogP contribution < -0.4 is 0 Å². The van der Waals surface area contributed by atoms with Gasteiger partial charge in [-0.15, -0.1) is 0 Å². The van der Waals surface area contributed by atoms with Crippen LogP contribution in [0.5, 0.6) is 0 Å². The molecule has 10 aromatic rings. The molecule has 0 aliphatic heterocycles. The predicted molar refractivity (Wildman–Crippen MR) is 224 cm³/mol. The van der Waals surface area contributed by atoms with E-state index in [-0.39, 0.29) is 5.41 Å². The van der Waals surface area contributed by atoms with Crippen LogP contribution >= 0.6 is 0 Å². The van der Waals surface area contributed by atoms with Crippen LogP contribution in [0.3, 0.4) is 0 Å². The Kier molecular flexibility index (Phi) is 6.33. The Morgan fingerprint density at radius 2 is 0.943 bits per heavy atom. The summed E-state index contributed by atoms with van der Waals surface area (Å²) in [6.07, 6.45) is 0. The summed E-state index contributed by atoms with van der Waals surface area (Å²) in [5.74, 6) is 0. The Balaban J connectivity index is 1.06. The van der Waals surface area contributed by atoms with Crippen molar-refractivity contribution in [2.24, 2.45) is 0 Å². The minimum Gasteiger partial charge on any atom is -0.309 e. The van der Waals surface area contributed by atoms with Gasteiger partial charge in [0, 0.05) is 38.3 Å². The van der Waals surface area contributed by atoms with E-state index in [9.17, 15) is 0 Å². The van der Waals surface area contributed by atoms with Gasteiger partial charge in [0.25, 0.3) is 0 Å². The van der Waals surface area contributed by atoms with E-state index in [0.29, 0.717) is 0 Å². The molecule has 1 aliphatic carbocycles. The van der Waals surface area contributed by atoms with E-state index in [4.69, 9.17) is 0 Å². The lowest BCUT2D eigenvalue weighted by molar-refractivity contribution is 0.664. The molecule has 0 spiro atoms. The normalized spacial score (nSPS) is 13.2. The summed E-state index contributed by atoms with van der Waals surface area (Å²) < 4.78 is 4.89. The molecular formula is C51H36N2. The van der Waals surface area contributed by atoms with E-state index in [1.54, 1.807) is 0 Å². The van der Waals surface area contributed by atoms with Gasteiger partial charge in [0.1, 0.15) is 0 Å². The molecule has 0 N–H and O–H groups in total. The van der Waals surface area contributed by atoms with Gasteiger partial charge in [-0.3, -0.25) is 0 Å². The molecule has 250 valence electrons. The summed E-state index contributed by atoms with van der Waals surface area (Å²) in [5.41, 5.74) is 17.5. The number of hydrogen-bond donors (Lipinski definition) is 0. The lowest BCUT2D eigenvalue weighted by atomic mass is 9.81. The third-order valence-electron chi connectivity index (χ3n) is 11.7. The van der Waals surface area contributed by atoms with Gasteiger partial charge >= 0.3 is 0 Å². The topological polar surface area (TPSA) is 9.86 Å². The van der Waals surface area contributed by atoms with Gasteiger partial charge < -0.3 is 9.13 Å². The maximum absolute atomic E-state index is 2.51. The summed E-state index contributed by atoms with van der Waals surface area (Å²) in [6, 6.07) is 67.0. The molecule has 2 aromatic heterocycles. The second-order valence-corrected chi connectivity index (χ2v) is 15.0. The summed E-state index contributed by atoms with van der Waals surface area (Å²) in [4.78, 5) is 0. The number of aromatic nitrogens is 2. The lowest BCUT2D eigenvalue weighted by Gasteiger charge is -2.23. The number of nitrogens with zero attached hydrogens (tertiary/aromatic N) is 2. The first kappa shape index (κ1) is 30.0. The van der Waals surface area contributed by atoms with Crippen molar-refractivity contribution in [2.45, 2.75) is 19.3 Å². The van der Waals surface area contributed by atoms with Crippen molar-refractivity contribution in [3.05, 3.63) is 193 Å². The molecule has 8 aromatic carbocycles. The summed E-state index contributed by atoms with van der Waals surface area (Å²) in [5, 5.41) is 5.12. The zero-order chi connectivity index (χ0) is 35.3. The van der Waals surface area contributed by atoms with Gasteiger partial charge in [-0.05, 0) is 99.1 Å².